The number of ether oxygens (including phenoxy) is 2. The molecule has 202 valence electrons. The predicted octanol–water partition coefficient (Wildman–Crippen LogP) is 5.30. The molecule has 2 N–H and O–H groups in total. The Labute approximate surface area is 224 Å². The van der Waals surface area contributed by atoms with Gasteiger partial charge in [-0.2, -0.15) is 5.10 Å². The number of aryl methyl sites for hydroxylation is 2. The van der Waals surface area contributed by atoms with Crippen LogP contribution in [0.5, 0.6) is 0 Å². The highest BCUT2D eigenvalue weighted by Gasteiger charge is 2.51. The number of rotatable bonds is 5. The monoisotopic (exact) mass is 541 g/mol. The van der Waals surface area contributed by atoms with Crippen molar-refractivity contribution < 1.29 is 23.5 Å². The van der Waals surface area contributed by atoms with E-state index in [4.69, 9.17) is 9.47 Å². The molecule has 38 heavy (non-hydrogen) atoms. The van der Waals surface area contributed by atoms with Gasteiger partial charge in [-0.3, -0.25) is 9.48 Å². The van der Waals surface area contributed by atoms with Gasteiger partial charge in [-0.1, -0.05) is 12.1 Å². The third-order valence-corrected chi connectivity index (χ3v) is 7.96. The van der Waals surface area contributed by atoms with Gasteiger partial charge in [-0.15, -0.1) is 11.3 Å². The first-order chi connectivity index (χ1) is 18.0. The lowest BCUT2D eigenvalue weighted by Crippen LogP contribution is -2.49. The molecule has 2 aliphatic rings. The molecule has 11 heteroatoms. The van der Waals surface area contributed by atoms with Gasteiger partial charge in [0.1, 0.15) is 27.7 Å². The normalized spacial score (nSPS) is 22.8. The Hall–Kier alpha value is -3.31. The lowest BCUT2D eigenvalue weighted by molar-refractivity contribution is -0.1000. The number of hydrogen-bond acceptors (Lipinski definition) is 7. The summed E-state index contributed by atoms with van der Waals surface area (Å²) in [5, 5.41) is 10.8. The third kappa shape index (κ3) is 5.04. The summed E-state index contributed by atoms with van der Waals surface area (Å²) in [6, 6.07) is 6.23. The topological polar surface area (TPSA) is 107 Å². The van der Waals surface area contributed by atoms with Crippen LogP contribution in [0.2, 0.25) is 0 Å². The molecule has 4 heterocycles. The summed E-state index contributed by atoms with van der Waals surface area (Å²) in [6.07, 6.45) is 3.85. The van der Waals surface area contributed by atoms with Gasteiger partial charge in [0, 0.05) is 17.5 Å². The molecule has 2 amide bonds. The van der Waals surface area contributed by atoms with Crippen molar-refractivity contribution in [1.82, 2.24) is 20.1 Å². The third-order valence-electron chi connectivity index (χ3n) is 6.95. The number of amides is 2. The zero-order valence-corrected chi connectivity index (χ0v) is 22.9. The Morgan fingerprint density at radius 3 is 2.71 bits per heavy atom. The highest BCUT2D eigenvalue weighted by atomic mass is 32.1. The molecular formula is C27H32FN5O4S. The predicted molar refractivity (Wildman–Crippen MR) is 142 cm³/mol. The first kappa shape index (κ1) is 26.3. The van der Waals surface area contributed by atoms with E-state index in [9.17, 15) is 14.0 Å². The van der Waals surface area contributed by atoms with Crippen molar-refractivity contribution in [2.24, 2.45) is 7.05 Å². The molecule has 2 fully saturated rings. The van der Waals surface area contributed by atoms with Crippen molar-refractivity contribution in [3.05, 3.63) is 52.5 Å². The van der Waals surface area contributed by atoms with Crippen molar-refractivity contribution in [3.8, 4) is 10.6 Å². The number of nitrogens with zero attached hydrogens (tertiary/aromatic N) is 3. The molecule has 2 aromatic heterocycles. The van der Waals surface area contributed by atoms with E-state index >= 15 is 0 Å². The average Bonchev–Trinajstić information content (AvgIpc) is 3.51. The Kier molecular flexibility index (Phi) is 6.77. The van der Waals surface area contributed by atoms with E-state index in [2.05, 4.69) is 20.7 Å². The van der Waals surface area contributed by atoms with Crippen LogP contribution in [0.3, 0.4) is 0 Å². The minimum absolute atomic E-state index is 0.152. The molecule has 3 aromatic rings. The number of hydrogen-bond donors (Lipinski definition) is 2. The highest BCUT2D eigenvalue weighted by Crippen LogP contribution is 2.50. The first-order valence-corrected chi connectivity index (χ1v) is 13.5. The first-order valence-electron chi connectivity index (χ1n) is 12.7. The Morgan fingerprint density at radius 2 is 1.97 bits per heavy atom. The Morgan fingerprint density at radius 1 is 1.24 bits per heavy atom. The lowest BCUT2D eigenvalue weighted by atomic mass is 9.89. The van der Waals surface area contributed by atoms with Crippen molar-refractivity contribution >= 4 is 29.0 Å². The van der Waals surface area contributed by atoms with Crippen LogP contribution in [0.25, 0.3) is 10.6 Å². The summed E-state index contributed by atoms with van der Waals surface area (Å²) in [5.74, 6) is -0.770. The second-order valence-electron chi connectivity index (χ2n) is 10.9. The molecule has 2 aliphatic heterocycles. The van der Waals surface area contributed by atoms with Gasteiger partial charge in [0.15, 0.2) is 0 Å². The minimum atomic E-state index is -0.625. The van der Waals surface area contributed by atoms with Crippen LogP contribution in [0.1, 0.15) is 67.5 Å². The molecule has 5 rings (SSSR count). The number of thiazole rings is 1. The van der Waals surface area contributed by atoms with Crippen LogP contribution in [0.4, 0.5) is 14.9 Å². The average molecular weight is 542 g/mol. The van der Waals surface area contributed by atoms with Crippen LogP contribution in [0.15, 0.2) is 30.5 Å². The second kappa shape index (κ2) is 9.77. The zero-order valence-electron chi connectivity index (χ0n) is 22.1. The number of halogens is 1. The lowest BCUT2D eigenvalue weighted by Gasteiger charge is -2.38. The maximum atomic E-state index is 14.3. The van der Waals surface area contributed by atoms with Gasteiger partial charge >= 0.3 is 6.09 Å². The molecule has 9 nitrogen and oxygen atoms in total. The van der Waals surface area contributed by atoms with E-state index in [1.54, 1.807) is 36.0 Å². The van der Waals surface area contributed by atoms with E-state index in [-0.39, 0.29) is 29.6 Å². The summed E-state index contributed by atoms with van der Waals surface area (Å²) >= 11 is 1.27. The van der Waals surface area contributed by atoms with Crippen molar-refractivity contribution in [2.75, 3.05) is 5.32 Å². The van der Waals surface area contributed by atoms with Gasteiger partial charge in [0.05, 0.1) is 29.7 Å². The van der Waals surface area contributed by atoms with Gasteiger partial charge < -0.3 is 20.1 Å². The molecule has 0 unspecified atom stereocenters. The fraction of sp³-hybridized carbons (Fsp3) is 0.481. The zero-order chi connectivity index (χ0) is 27.2. The van der Waals surface area contributed by atoms with Gasteiger partial charge in [-0.25, -0.2) is 14.2 Å². The second-order valence-corrected chi connectivity index (χ2v) is 12.1. The number of aromatic nitrogens is 3. The van der Waals surface area contributed by atoms with Crippen LogP contribution in [-0.4, -0.2) is 44.5 Å². The van der Waals surface area contributed by atoms with E-state index in [1.807, 2.05) is 27.8 Å². The van der Waals surface area contributed by atoms with Crippen molar-refractivity contribution in [1.29, 1.82) is 0 Å². The van der Waals surface area contributed by atoms with Crippen LogP contribution in [-0.2, 0) is 22.1 Å². The number of benzene rings is 1. The summed E-state index contributed by atoms with van der Waals surface area (Å²) in [7, 11) is 1.83. The van der Waals surface area contributed by atoms with Crippen LogP contribution < -0.4 is 10.6 Å². The van der Waals surface area contributed by atoms with Crippen molar-refractivity contribution in [3.63, 3.8) is 0 Å². The molecular weight excluding hydrogens is 509 g/mol. The van der Waals surface area contributed by atoms with Gasteiger partial charge in [-0.05, 0) is 65.5 Å². The fourth-order valence-corrected chi connectivity index (χ4v) is 6.29. The number of anilines is 1. The quantitative estimate of drug-likeness (QED) is 0.454. The molecule has 0 saturated carbocycles. The van der Waals surface area contributed by atoms with Crippen molar-refractivity contribution in [2.45, 2.75) is 76.7 Å². The van der Waals surface area contributed by atoms with Crippen LogP contribution in [0, 0.1) is 12.7 Å². The number of carbonyl (C=O) groups excluding carboxylic acids is 2. The summed E-state index contributed by atoms with van der Waals surface area (Å²) in [5.41, 5.74) is 0.744. The Bertz CT molecular complexity index is 1380. The number of alkyl carbamates (subject to hydrolysis) is 1. The molecule has 0 aliphatic carbocycles. The largest absolute Gasteiger partial charge is 0.444 e. The van der Waals surface area contributed by atoms with E-state index in [0.29, 0.717) is 34.0 Å². The summed E-state index contributed by atoms with van der Waals surface area (Å²) in [4.78, 5) is 30.8. The van der Waals surface area contributed by atoms with E-state index < -0.39 is 17.3 Å². The van der Waals surface area contributed by atoms with Gasteiger partial charge in [0.2, 0.25) is 0 Å². The standard InChI is InChI=1S/C27H32FN5O4S/c1-15-21(32-24(38-15)16-8-6-7-9-17(16)28)23(34)30-19-14-29-33(5)22(19)27-12-10-18(20(36-27)11-13-27)31-25(35)37-26(2,3)4/h6-9,14,18,20H,10-13H2,1-5H3,(H,30,34)(H,31,35)/t18-,20-,27-/m1/s1. The molecule has 0 spiro atoms. The van der Waals surface area contributed by atoms with E-state index in [0.717, 1.165) is 18.5 Å². The maximum Gasteiger partial charge on any atom is 0.407 e. The number of fused-ring (bicyclic) bond motifs is 2. The Balaban J connectivity index is 1.33. The SMILES string of the molecule is Cc1sc(-c2ccccc2F)nc1C(=O)Nc1cnn(C)c1[C@@]12CC[C@@H](NC(=O)OC(C)(C)C)[C@@H](CC1)O2. The molecule has 2 bridgehead atoms. The van der Waals surface area contributed by atoms with Crippen LogP contribution >= 0.6 is 11.3 Å². The smallest absolute Gasteiger partial charge is 0.407 e. The summed E-state index contributed by atoms with van der Waals surface area (Å²) in [6.45, 7) is 7.29. The number of carbonyl (C=O) groups is 2. The minimum Gasteiger partial charge on any atom is -0.444 e. The highest BCUT2D eigenvalue weighted by molar-refractivity contribution is 7.15. The molecule has 1 aromatic carbocycles. The molecule has 3 atom stereocenters. The maximum absolute atomic E-state index is 14.3. The van der Waals surface area contributed by atoms with E-state index in [1.165, 1.54) is 17.4 Å². The fourth-order valence-electron chi connectivity index (χ4n) is 5.35. The summed E-state index contributed by atoms with van der Waals surface area (Å²) < 4.78 is 28.0. The molecule has 0 radical (unpaired) electrons. The van der Waals surface area contributed by atoms with Gasteiger partial charge in [0.25, 0.3) is 5.91 Å². The molecule has 2 saturated heterocycles. The number of nitrogens with one attached hydrogen (secondary N) is 2.